The van der Waals surface area contributed by atoms with E-state index >= 15 is 0 Å². The lowest BCUT2D eigenvalue weighted by Gasteiger charge is -2.03. The van der Waals surface area contributed by atoms with Crippen LogP contribution < -0.4 is 14.8 Å². The molecule has 2 N–H and O–H groups in total. The van der Waals surface area contributed by atoms with Gasteiger partial charge in [0.05, 0.1) is 14.2 Å². The minimum absolute atomic E-state index is 0.115. The standard InChI is InChI=1S/C19H16N2O3/c1-23-12-3-5-17-14(8-12)11(10-20-17)7-16-15-9-13(24-2)4-6-18(15)21-19(16)22/h3-10,20H,1-2H3,(H,21,22)/b16-7+. The lowest BCUT2D eigenvalue weighted by molar-refractivity contribution is -0.110. The number of methoxy groups -OCH3 is 2. The maximum Gasteiger partial charge on any atom is 0.256 e. The first-order chi connectivity index (χ1) is 11.7. The average molecular weight is 320 g/mol. The minimum Gasteiger partial charge on any atom is -0.497 e. The van der Waals surface area contributed by atoms with E-state index in [1.54, 1.807) is 14.2 Å². The van der Waals surface area contributed by atoms with E-state index in [9.17, 15) is 4.79 Å². The van der Waals surface area contributed by atoms with Gasteiger partial charge in [0.25, 0.3) is 5.91 Å². The molecule has 5 nitrogen and oxygen atoms in total. The van der Waals surface area contributed by atoms with Gasteiger partial charge in [-0.25, -0.2) is 0 Å². The van der Waals surface area contributed by atoms with Gasteiger partial charge in [-0.2, -0.15) is 0 Å². The van der Waals surface area contributed by atoms with Crippen molar-refractivity contribution < 1.29 is 14.3 Å². The first kappa shape index (κ1) is 14.4. The molecule has 120 valence electrons. The molecule has 0 saturated heterocycles. The molecule has 3 aromatic rings. The van der Waals surface area contributed by atoms with E-state index in [0.717, 1.165) is 39.2 Å². The van der Waals surface area contributed by atoms with Crippen molar-refractivity contribution in [3.8, 4) is 11.5 Å². The van der Waals surface area contributed by atoms with Crippen molar-refractivity contribution in [2.75, 3.05) is 19.5 Å². The van der Waals surface area contributed by atoms with E-state index in [4.69, 9.17) is 9.47 Å². The Bertz CT molecular complexity index is 985. The molecule has 24 heavy (non-hydrogen) atoms. The van der Waals surface area contributed by atoms with E-state index in [-0.39, 0.29) is 5.91 Å². The van der Waals surface area contributed by atoms with Crippen LogP contribution in [0.5, 0.6) is 11.5 Å². The molecule has 0 atom stereocenters. The Kier molecular flexibility index (Phi) is 3.27. The number of ether oxygens (including phenoxy) is 2. The number of rotatable bonds is 3. The number of benzene rings is 2. The van der Waals surface area contributed by atoms with Crippen LogP contribution in [0.25, 0.3) is 22.6 Å². The minimum atomic E-state index is -0.115. The van der Waals surface area contributed by atoms with Crippen LogP contribution in [0.3, 0.4) is 0 Å². The van der Waals surface area contributed by atoms with Crippen LogP contribution in [-0.2, 0) is 4.79 Å². The highest BCUT2D eigenvalue weighted by Gasteiger charge is 2.25. The van der Waals surface area contributed by atoms with Crippen LogP contribution in [0.15, 0.2) is 42.6 Å². The van der Waals surface area contributed by atoms with Gasteiger partial charge in [-0.1, -0.05) is 0 Å². The van der Waals surface area contributed by atoms with E-state index in [1.165, 1.54) is 0 Å². The summed E-state index contributed by atoms with van der Waals surface area (Å²) in [6, 6.07) is 11.4. The van der Waals surface area contributed by atoms with Crippen molar-refractivity contribution in [2.24, 2.45) is 0 Å². The summed E-state index contributed by atoms with van der Waals surface area (Å²) in [6.07, 6.45) is 3.78. The monoisotopic (exact) mass is 320 g/mol. The molecule has 0 fully saturated rings. The van der Waals surface area contributed by atoms with Gasteiger partial charge in [-0.15, -0.1) is 0 Å². The molecule has 5 heteroatoms. The van der Waals surface area contributed by atoms with Crippen LogP contribution in [0, 0.1) is 0 Å². The number of carbonyl (C=O) groups excluding carboxylic acids is 1. The van der Waals surface area contributed by atoms with Crippen LogP contribution in [-0.4, -0.2) is 25.1 Å². The van der Waals surface area contributed by atoms with Gasteiger partial charge in [0.15, 0.2) is 0 Å². The molecule has 1 aromatic heterocycles. The number of hydrogen-bond donors (Lipinski definition) is 2. The third-order valence-corrected chi connectivity index (χ3v) is 4.23. The molecule has 0 radical (unpaired) electrons. The Balaban J connectivity index is 1.86. The van der Waals surface area contributed by atoms with Crippen LogP contribution in [0.2, 0.25) is 0 Å². The zero-order chi connectivity index (χ0) is 16.7. The second-order valence-electron chi connectivity index (χ2n) is 5.58. The zero-order valence-corrected chi connectivity index (χ0v) is 13.3. The molecule has 1 aliphatic heterocycles. The molecule has 1 amide bonds. The second kappa shape index (κ2) is 5.45. The van der Waals surface area contributed by atoms with Gasteiger partial charge < -0.3 is 19.8 Å². The maximum absolute atomic E-state index is 12.4. The topological polar surface area (TPSA) is 63.4 Å². The second-order valence-corrected chi connectivity index (χ2v) is 5.58. The molecule has 1 aliphatic rings. The van der Waals surface area contributed by atoms with Crippen molar-refractivity contribution in [3.63, 3.8) is 0 Å². The van der Waals surface area contributed by atoms with Gasteiger partial charge in [0.2, 0.25) is 0 Å². The first-order valence-electron chi connectivity index (χ1n) is 7.56. The molecular weight excluding hydrogens is 304 g/mol. The highest BCUT2D eigenvalue weighted by atomic mass is 16.5. The maximum atomic E-state index is 12.4. The Morgan fingerprint density at radius 1 is 1.00 bits per heavy atom. The highest BCUT2D eigenvalue weighted by Crippen LogP contribution is 2.36. The Hall–Kier alpha value is -3.21. The summed E-state index contributed by atoms with van der Waals surface area (Å²) in [5.41, 5.74) is 4.19. The number of H-pyrrole nitrogens is 1. The fourth-order valence-electron chi connectivity index (χ4n) is 2.96. The summed E-state index contributed by atoms with van der Waals surface area (Å²) in [4.78, 5) is 15.6. The normalized spacial score (nSPS) is 14.8. The van der Waals surface area contributed by atoms with E-state index in [2.05, 4.69) is 10.3 Å². The smallest absolute Gasteiger partial charge is 0.256 e. The molecule has 0 bridgehead atoms. The summed E-state index contributed by atoms with van der Waals surface area (Å²) >= 11 is 0. The number of aromatic nitrogens is 1. The van der Waals surface area contributed by atoms with E-state index in [1.807, 2.05) is 48.7 Å². The Morgan fingerprint density at radius 3 is 2.54 bits per heavy atom. The predicted octanol–water partition coefficient (Wildman–Crippen LogP) is 3.68. The molecular formula is C19H16N2O3. The molecule has 0 unspecified atom stereocenters. The number of fused-ring (bicyclic) bond motifs is 2. The van der Waals surface area contributed by atoms with Crippen LogP contribution in [0.1, 0.15) is 11.1 Å². The molecule has 2 aromatic carbocycles. The largest absolute Gasteiger partial charge is 0.497 e. The summed E-state index contributed by atoms with van der Waals surface area (Å²) in [7, 11) is 3.25. The summed E-state index contributed by atoms with van der Waals surface area (Å²) in [5, 5.41) is 3.89. The lowest BCUT2D eigenvalue weighted by atomic mass is 10.0. The summed E-state index contributed by atoms with van der Waals surface area (Å²) in [6.45, 7) is 0. The molecule has 0 aliphatic carbocycles. The number of hydrogen-bond acceptors (Lipinski definition) is 3. The Morgan fingerprint density at radius 2 is 1.75 bits per heavy atom. The van der Waals surface area contributed by atoms with Crippen molar-refractivity contribution in [1.29, 1.82) is 0 Å². The van der Waals surface area contributed by atoms with Gasteiger partial charge >= 0.3 is 0 Å². The first-order valence-corrected chi connectivity index (χ1v) is 7.56. The van der Waals surface area contributed by atoms with Crippen molar-refractivity contribution in [3.05, 3.63) is 53.7 Å². The zero-order valence-electron chi connectivity index (χ0n) is 13.3. The molecule has 0 spiro atoms. The fourth-order valence-corrected chi connectivity index (χ4v) is 2.96. The summed E-state index contributed by atoms with van der Waals surface area (Å²) < 4.78 is 10.6. The summed E-state index contributed by atoms with van der Waals surface area (Å²) in [5.74, 6) is 1.38. The fraction of sp³-hybridized carbons (Fsp3) is 0.105. The highest BCUT2D eigenvalue weighted by molar-refractivity contribution is 6.35. The van der Waals surface area contributed by atoms with E-state index in [0.29, 0.717) is 5.57 Å². The number of amides is 1. The van der Waals surface area contributed by atoms with Gasteiger partial charge in [-0.05, 0) is 42.5 Å². The third-order valence-electron chi connectivity index (χ3n) is 4.23. The van der Waals surface area contributed by atoms with Crippen molar-refractivity contribution >= 4 is 34.1 Å². The lowest BCUT2D eigenvalue weighted by Crippen LogP contribution is -2.03. The van der Waals surface area contributed by atoms with Gasteiger partial charge in [0, 0.05) is 39.5 Å². The predicted molar refractivity (Wildman–Crippen MR) is 94.3 cm³/mol. The number of anilines is 1. The third kappa shape index (κ3) is 2.22. The van der Waals surface area contributed by atoms with Gasteiger partial charge in [0.1, 0.15) is 11.5 Å². The van der Waals surface area contributed by atoms with E-state index < -0.39 is 0 Å². The van der Waals surface area contributed by atoms with Crippen molar-refractivity contribution in [2.45, 2.75) is 0 Å². The molecule has 4 rings (SSSR count). The van der Waals surface area contributed by atoms with Crippen LogP contribution in [0.4, 0.5) is 5.69 Å². The molecule has 2 heterocycles. The molecule has 0 saturated carbocycles. The SMILES string of the molecule is COc1ccc2c(c1)/C(=C\c1c[nH]c3ccc(OC)cc13)C(=O)N2. The average Bonchev–Trinajstić information content (AvgIpc) is 3.15. The quantitative estimate of drug-likeness (QED) is 0.724. The Labute approximate surface area is 138 Å². The van der Waals surface area contributed by atoms with Crippen LogP contribution >= 0.6 is 0 Å². The van der Waals surface area contributed by atoms with Gasteiger partial charge in [-0.3, -0.25) is 4.79 Å². The number of aromatic amines is 1. The van der Waals surface area contributed by atoms with Crippen molar-refractivity contribution in [1.82, 2.24) is 4.98 Å². The number of nitrogens with one attached hydrogen (secondary N) is 2. The number of carbonyl (C=O) groups is 1.